The molecule has 0 bridgehead atoms. The van der Waals surface area contributed by atoms with Crippen LogP contribution in [0.3, 0.4) is 0 Å². The van der Waals surface area contributed by atoms with Gasteiger partial charge in [-0.05, 0) is 48.5 Å². The average Bonchev–Trinajstić information content (AvgIpc) is 2.70. The first-order chi connectivity index (χ1) is 13.3. The molecule has 0 unspecified atom stereocenters. The van der Waals surface area contributed by atoms with Gasteiger partial charge in [0.05, 0.1) is 15.0 Å². The highest BCUT2D eigenvalue weighted by molar-refractivity contribution is 7.79. The molecule has 3 aromatic rings. The Bertz CT molecular complexity index is 827. The van der Waals surface area contributed by atoms with Crippen molar-refractivity contribution in [2.24, 2.45) is 0 Å². The number of methoxy groups -OCH3 is 1. The number of carboxylic acids is 1. The number of hydrogen-bond donors (Lipinski definition) is 0. The van der Waals surface area contributed by atoms with E-state index in [0.29, 0.717) is 0 Å². The number of ether oxygens (including phenoxy) is 1. The van der Waals surface area contributed by atoms with Gasteiger partial charge in [-0.1, -0.05) is 36.4 Å². The number of rotatable bonds is 4. The second kappa shape index (κ2) is 9.90. The number of hydrogen-bond acceptors (Lipinski definition) is 3. The van der Waals surface area contributed by atoms with E-state index in [1.165, 1.54) is 15.9 Å². The molecule has 0 saturated heterocycles. The summed E-state index contributed by atoms with van der Waals surface area (Å²) in [5, 5.41) is 13.0. The number of carbonyl (C=O) groups excluding carboxylic acids is 1. The molecule has 0 amide bonds. The van der Waals surface area contributed by atoms with Gasteiger partial charge in [0.15, 0.2) is 0 Å². The molecule has 0 N–H and O–H groups in total. The van der Waals surface area contributed by atoms with Crippen molar-refractivity contribution >= 4 is 29.8 Å². The molecule has 3 nitrogen and oxygen atoms in total. The summed E-state index contributed by atoms with van der Waals surface area (Å²) in [6.07, 6.45) is -5.19. The molecule has 0 radical (unpaired) electrons. The summed E-state index contributed by atoms with van der Waals surface area (Å²) in [6.45, 7) is 0. The number of benzene rings is 3. The van der Waals surface area contributed by atoms with E-state index in [-0.39, 0.29) is 0 Å². The highest BCUT2D eigenvalue weighted by Crippen LogP contribution is 2.32. The molecule has 0 spiro atoms. The van der Waals surface area contributed by atoms with E-state index >= 15 is 0 Å². The Hall–Kier alpha value is -2.85. The van der Waals surface area contributed by atoms with E-state index in [0.717, 1.165) is 5.75 Å². The van der Waals surface area contributed by atoms with Crippen molar-refractivity contribution in [3.05, 3.63) is 84.9 Å². The molecule has 3 rings (SSSR count). The van der Waals surface area contributed by atoms with Crippen molar-refractivity contribution in [3.63, 3.8) is 0 Å². The van der Waals surface area contributed by atoms with Crippen LogP contribution >= 0.6 is 7.92 Å². The number of carboxylic acid groups (broad SMARTS) is 1. The maximum Gasteiger partial charge on any atom is 0.430 e. The Morgan fingerprint density at radius 2 is 1.14 bits per heavy atom. The molecular formula is C21H18F3O3P. The standard InChI is InChI=1S/C19H17OP.C2HF3O2/c1-20-16-12-14-19(15-13-16)21(17-8-4-2-5-9-17)18-10-6-3-7-11-18;3-2(4,5)1(6)7/h2-15H,1H3;(H,6,7). The minimum Gasteiger partial charge on any atom is -0.542 e. The fraction of sp³-hybridized carbons (Fsp3) is 0.0952. The first-order valence-electron chi connectivity index (χ1n) is 8.23. The minimum atomic E-state index is -5.19. The predicted octanol–water partition coefficient (Wildman–Crippen LogP) is 2.48. The third kappa shape index (κ3) is 6.10. The first-order valence-corrected chi connectivity index (χ1v) is 9.73. The highest BCUT2D eigenvalue weighted by Gasteiger charge is 2.28. The molecule has 0 aliphatic heterocycles. The zero-order valence-electron chi connectivity index (χ0n) is 14.9. The first kappa shape index (κ1) is 21.5. The van der Waals surface area contributed by atoms with Gasteiger partial charge in [-0.2, -0.15) is 13.2 Å². The van der Waals surface area contributed by atoms with Gasteiger partial charge in [-0.15, -0.1) is 0 Å². The highest BCUT2D eigenvalue weighted by atomic mass is 31.1. The van der Waals surface area contributed by atoms with Crippen LogP contribution in [0.25, 0.3) is 0 Å². The molecule has 0 atom stereocenters. The molecule has 0 fully saturated rings. The van der Waals surface area contributed by atoms with E-state index in [4.69, 9.17) is 14.6 Å². The third-order valence-corrected chi connectivity index (χ3v) is 6.47. The molecule has 7 heteroatoms. The Balaban J connectivity index is 0.000000345. The van der Waals surface area contributed by atoms with Gasteiger partial charge in [0.1, 0.15) is 27.6 Å². The lowest BCUT2D eigenvalue weighted by atomic mass is 10.3. The van der Waals surface area contributed by atoms with Crippen LogP contribution in [-0.4, -0.2) is 19.3 Å². The normalized spacial score (nSPS) is 10.8. The Morgan fingerprint density at radius 3 is 1.46 bits per heavy atom. The van der Waals surface area contributed by atoms with Crippen molar-refractivity contribution in [1.82, 2.24) is 0 Å². The number of aliphatic carboxylic acids is 1. The average molecular weight is 406 g/mol. The van der Waals surface area contributed by atoms with Crippen molar-refractivity contribution in [1.29, 1.82) is 0 Å². The van der Waals surface area contributed by atoms with Gasteiger partial charge in [-0.3, -0.25) is 0 Å². The van der Waals surface area contributed by atoms with Crippen molar-refractivity contribution in [2.75, 3.05) is 7.11 Å². The van der Waals surface area contributed by atoms with Crippen LogP contribution in [-0.2, 0) is 4.79 Å². The molecule has 0 saturated carbocycles. The lowest BCUT2D eigenvalue weighted by molar-refractivity contribution is -0.344. The Morgan fingerprint density at radius 1 is 0.786 bits per heavy atom. The Kier molecular flexibility index (Phi) is 7.59. The van der Waals surface area contributed by atoms with E-state index < -0.39 is 20.1 Å². The van der Waals surface area contributed by atoms with Gasteiger partial charge in [0.2, 0.25) is 0 Å². The maximum absolute atomic E-state index is 10.5. The summed E-state index contributed by atoms with van der Waals surface area (Å²) in [5.74, 6) is -2.10. The molecule has 0 aliphatic rings. The predicted molar refractivity (Wildman–Crippen MR) is 104 cm³/mol. The molecule has 146 valence electrons. The summed E-state index contributed by atoms with van der Waals surface area (Å²) in [5.41, 5.74) is 0. The maximum atomic E-state index is 10.5. The SMILES string of the molecule is COc1ccc([PH+](c2ccccc2)c2ccccc2)cc1.O=C([O-])C(F)(F)F. The summed E-state index contributed by atoms with van der Waals surface area (Å²) in [4.78, 5) is 8.78. The summed E-state index contributed by atoms with van der Waals surface area (Å²) < 4.78 is 36.8. The largest absolute Gasteiger partial charge is 0.542 e. The number of carbonyl (C=O) groups is 1. The van der Waals surface area contributed by atoms with Crippen molar-refractivity contribution in [2.45, 2.75) is 6.18 Å². The van der Waals surface area contributed by atoms with E-state index in [9.17, 15) is 13.2 Å². The Labute approximate surface area is 162 Å². The quantitative estimate of drug-likeness (QED) is 0.626. The van der Waals surface area contributed by atoms with Gasteiger partial charge < -0.3 is 14.6 Å². The molecule has 28 heavy (non-hydrogen) atoms. The molecule has 0 heterocycles. The summed E-state index contributed by atoms with van der Waals surface area (Å²) in [7, 11) is 0.746. The second-order valence-corrected chi connectivity index (χ2v) is 8.10. The van der Waals surface area contributed by atoms with Crippen LogP contribution < -0.4 is 25.8 Å². The van der Waals surface area contributed by atoms with Crippen molar-refractivity contribution in [3.8, 4) is 5.75 Å². The third-order valence-electron chi connectivity index (χ3n) is 3.74. The fourth-order valence-electron chi connectivity index (χ4n) is 2.47. The van der Waals surface area contributed by atoms with E-state index in [1.807, 2.05) is 12.1 Å². The molecule has 3 aromatic carbocycles. The number of alkyl halides is 3. The lowest BCUT2D eigenvalue weighted by Crippen LogP contribution is -2.37. The fourth-order valence-corrected chi connectivity index (χ4v) is 5.02. The summed E-state index contributed by atoms with van der Waals surface area (Å²) >= 11 is 0. The molecule has 0 aromatic heterocycles. The van der Waals surface area contributed by atoms with E-state index in [1.54, 1.807) is 7.11 Å². The topological polar surface area (TPSA) is 49.4 Å². The van der Waals surface area contributed by atoms with Gasteiger partial charge in [0, 0.05) is 0 Å². The van der Waals surface area contributed by atoms with Crippen molar-refractivity contribution < 1.29 is 27.8 Å². The summed E-state index contributed by atoms with van der Waals surface area (Å²) in [6, 6.07) is 30.0. The zero-order chi connectivity index (χ0) is 20.6. The number of halogens is 3. The van der Waals surface area contributed by atoms with Gasteiger partial charge in [0.25, 0.3) is 0 Å². The van der Waals surface area contributed by atoms with Crippen LogP contribution in [0.1, 0.15) is 0 Å². The lowest BCUT2D eigenvalue weighted by Gasteiger charge is -2.11. The van der Waals surface area contributed by atoms with Crippen LogP contribution in [0.15, 0.2) is 84.9 Å². The van der Waals surface area contributed by atoms with Crippen LogP contribution in [0.2, 0.25) is 0 Å². The van der Waals surface area contributed by atoms with Gasteiger partial charge in [-0.25, -0.2) is 0 Å². The van der Waals surface area contributed by atoms with Crippen LogP contribution in [0.4, 0.5) is 13.2 Å². The van der Waals surface area contributed by atoms with Gasteiger partial charge >= 0.3 is 6.18 Å². The van der Waals surface area contributed by atoms with E-state index in [2.05, 4.69) is 72.8 Å². The van der Waals surface area contributed by atoms with Crippen LogP contribution in [0, 0.1) is 0 Å². The van der Waals surface area contributed by atoms with Crippen LogP contribution in [0.5, 0.6) is 5.75 Å². The zero-order valence-corrected chi connectivity index (χ0v) is 15.9. The molecule has 0 aliphatic carbocycles. The minimum absolute atomic E-state index is 0.904. The molecular weight excluding hydrogens is 388 g/mol. The smallest absolute Gasteiger partial charge is 0.430 e. The second-order valence-electron chi connectivity index (χ2n) is 5.62. The monoisotopic (exact) mass is 406 g/mol.